The van der Waals surface area contributed by atoms with Crippen LogP contribution in [0.3, 0.4) is 0 Å². The minimum atomic E-state index is -1.67. The first-order chi connectivity index (χ1) is 10.2. The zero-order chi connectivity index (χ0) is 17.9. The Hall–Kier alpha value is -0.440. The van der Waals surface area contributed by atoms with Crippen LogP contribution in [-0.4, -0.2) is 125 Å². The van der Waals surface area contributed by atoms with Crippen molar-refractivity contribution in [2.24, 2.45) is 0 Å². The summed E-state index contributed by atoms with van der Waals surface area (Å²) in [5.41, 5.74) is 0. The summed E-state index contributed by atoms with van der Waals surface area (Å²) in [5.74, 6) is 0. The van der Waals surface area contributed by atoms with E-state index in [1.54, 1.807) is 0 Å². The van der Waals surface area contributed by atoms with Gasteiger partial charge < -0.3 is 56.2 Å². The summed E-state index contributed by atoms with van der Waals surface area (Å²) in [6, 6.07) is 0. The van der Waals surface area contributed by atoms with Crippen molar-refractivity contribution >= 4 is 0 Å². The third-order valence-electron chi connectivity index (χ3n) is 2.68. The van der Waals surface area contributed by atoms with Crippen molar-refractivity contribution in [2.75, 3.05) is 26.4 Å². The van der Waals surface area contributed by atoms with Crippen LogP contribution in [0.4, 0.5) is 0 Å². The quantitative estimate of drug-likeness (QED) is 0.190. The van der Waals surface area contributed by atoms with E-state index in [0.717, 1.165) is 0 Å². The molecule has 0 amide bonds. The number of rotatable bonds is 9. The molecule has 0 aromatic heterocycles. The lowest BCUT2D eigenvalue weighted by Gasteiger charge is -2.24. The summed E-state index contributed by atoms with van der Waals surface area (Å²) in [5, 5.41) is 94.8. The maximum Gasteiger partial charge on any atom is 0.111 e. The van der Waals surface area contributed by atoms with Crippen LogP contribution in [0.1, 0.15) is 0 Å². The Morgan fingerprint density at radius 2 is 0.545 bits per heavy atom. The fraction of sp³-hybridized carbons (Fsp3) is 1.00. The number of hydrogen-bond donors (Lipinski definition) is 11. The normalized spacial score (nSPS) is 20.9. The summed E-state index contributed by atoms with van der Waals surface area (Å²) in [6.07, 6.45) is -10.7. The van der Waals surface area contributed by atoms with Crippen molar-refractivity contribution in [1.82, 2.24) is 0 Å². The van der Waals surface area contributed by atoms with E-state index in [9.17, 15) is 0 Å². The summed E-state index contributed by atoms with van der Waals surface area (Å²) in [4.78, 5) is 0. The maximum atomic E-state index is 8.96. The van der Waals surface area contributed by atoms with Gasteiger partial charge >= 0.3 is 0 Å². The number of aliphatic hydroxyl groups excluding tert-OH is 11. The SMILES string of the molecule is OC[C@@H](O)C(O)[C@@H](O)CO.OC[C@@H](O)[C@@H](O)[C@H](O)[C@@H](O)CO. The van der Waals surface area contributed by atoms with E-state index >= 15 is 0 Å². The molecule has 0 bridgehead atoms. The minimum absolute atomic E-state index is 0.641. The molecule has 0 aromatic rings. The fourth-order valence-corrected chi connectivity index (χ4v) is 1.14. The van der Waals surface area contributed by atoms with Gasteiger partial charge in [-0.2, -0.15) is 0 Å². The van der Waals surface area contributed by atoms with Crippen molar-refractivity contribution in [1.29, 1.82) is 0 Å². The van der Waals surface area contributed by atoms with E-state index in [4.69, 9.17) is 56.2 Å². The standard InChI is InChI=1S/C6H14O6.C5H12O5/c7-1-3(9)5(11)6(12)4(10)2-8;6-1-3(8)5(10)4(9)2-7/h3-12H,1-2H2;3-10H,1-2H2/t3-,4+,5-,6-;3-,4+,5?/m1./s1. The highest BCUT2D eigenvalue weighted by Gasteiger charge is 2.29. The van der Waals surface area contributed by atoms with E-state index in [2.05, 4.69) is 0 Å². The van der Waals surface area contributed by atoms with Gasteiger partial charge in [0, 0.05) is 0 Å². The second-order valence-electron chi connectivity index (χ2n) is 4.47. The van der Waals surface area contributed by atoms with Gasteiger partial charge in [-0.05, 0) is 0 Å². The first-order valence-corrected chi connectivity index (χ1v) is 6.37. The Kier molecular flexibility index (Phi) is 14.1. The molecule has 0 rings (SSSR count). The van der Waals surface area contributed by atoms with Gasteiger partial charge in [-0.3, -0.25) is 0 Å². The summed E-state index contributed by atoms with van der Waals surface area (Å²) >= 11 is 0. The largest absolute Gasteiger partial charge is 0.394 e. The summed E-state index contributed by atoms with van der Waals surface area (Å²) in [7, 11) is 0. The van der Waals surface area contributed by atoms with Gasteiger partial charge in [-0.1, -0.05) is 0 Å². The lowest BCUT2D eigenvalue weighted by Crippen LogP contribution is -2.46. The Balaban J connectivity index is 0. The van der Waals surface area contributed by atoms with E-state index in [1.165, 1.54) is 0 Å². The van der Waals surface area contributed by atoms with E-state index in [1.807, 2.05) is 0 Å². The van der Waals surface area contributed by atoms with Gasteiger partial charge in [-0.15, -0.1) is 0 Å². The molecule has 1 unspecified atom stereocenters. The zero-order valence-corrected chi connectivity index (χ0v) is 11.8. The minimum Gasteiger partial charge on any atom is -0.394 e. The van der Waals surface area contributed by atoms with Gasteiger partial charge in [0.2, 0.25) is 0 Å². The van der Waals surface area contributed by atoms with Gasteiger partial charge in [0.1, 0.15) is 42.7 Å². The Morgan fingerprint density at radius 1 is 0.364 bits per heavy atom. The van der Waals surface area contributed by atoms with Crippen LogP contribution in [0.2, 0.25) is 0 Å². The Labute approximate surface area is 126 Å². The molecule has 11 N–H and O–H groups in total. The molecular weight excluding hydrogens is 308 g/mol. The predicted molar refractivity (Wildman–Crippen MR) is 70.4 cm³/mol. The van der Waals surface area contributed by atoms with Crippen molar-refractivity contribution in [2.45, 2.75) is 42.7 Å². The van der Waals surface area contributed by atoms with Crippen LogP contribution >= 0.6 is 0 Å². The van der Waals surface area contributed by atoms with Crippen molar-refractivity contribution < 1.29 is 56.2 Å². The molecule has 0 spiro atoms. The van der Waals surface area contributed by atoms with Crippen LogP contribution in [-0.2, 0) is 0 Å². The molecule has 11 nitrogen and oxygen atoms in total. The topological polar surface area (TPSA) is 223 Å². The molecule has 7 atom stereocenters. The Bertz CT molecular complexity index is 230. The molecule has 136 valence electrons. The van der Waals surface area contributed by atoms with Crippen molar-refractivity contribution in [3.8, 4) is 0 Å². The monoisotopic (exact) mass is 334 g/mol. The van der Waals surface area contributed by atoms with Crippen LogP contribution in [0, 0.1) is 0 Å². The van der Waals surface area contributed by atoms with Crippen LogP contribution in [0.25, 0.3) is 0 Å². The molecule has 0 aliphatic carbocycles. The van der Waals surface area contributed by atoms with Crippen LogP contribution in [0.15, 0.2) is 0 Å². The van der Waals surface area contributed by atoms with Gasteiger partial charge in [0.25, 0.3) is 0 Å². The van der Waals surface area contributed by atoms with Gasteiger partial charge in [-0.25, -0.2) is 0 Å². The zero-order valence-electron chi connectivity index (χ0n) is 11.8. The first kappa shape index (κ1) is 23.8. The molecule has 0 saturated carbocycles. The third kappa shape index (κ3) is 8.87. The highest BCUT2D eigenvalue weighted by Crippen LogP contribution is 2.04. The molecule has 0 radical (unpaired) electrons. The molecule has 11 heteroatoms. The molecule has 0 fully saturated rings. The maximum absolute atomic E-state index is 8.96. The second-order valence-corrected chi connectivity index (χ2v) is 4.47. The number of hydrogen-bond acceptors (Lipinski definition) is 11. The van der Waals surface area contributed by atoms with Crippen molar-refractivity contribution in [3.63, 3.8) is 0 Å². The summed E-state index contributed by atoms with van der Waals surface area (Å²) < 4.78 is 0. The van der Waals surface area contributed by atoms with E-state index in [0.29, 0.717) is 0 Å². The Morgan fingerprint density at radius 3 is 0.727 bits per heavy atom. The highest BCUT2D eigenvalue weighted by atomic mass is 16.4. The van der Waals surface area contributed by atoms with Gasteiger partial charge in [0.05, 0.1) is 26.4 Å². The fourth-order valence-electron chi connectivity index (χ4n) is 1.14. The smallest absolute Gasteiger partial charge is 0.111 e. The molecule has 0 aliphatic heterocycles. The van der Waals surface area contributed by atoms with Crippen molar-refractivity contribution in [3.05, 3.63) is 0 Å². The second kappa shape index (κ2) is 13.0. The van der Waals surface area contributed by atoms with E-state index < -0.39 is 69.2 Å². The van der Waals surface area contributed by atoms with E-state index in [-0.39, 0.29) is 0 Å². The number of aliphatic hydroxyl groups is 11. The molecule has 0 aliphatic rings. The lowest BCUT2D eigenvalue weighted by molar-refractivity contribution is -0.123. The lowest BCUT2D eigenvalue weighted by atomic mass is 10.0. The molecule has 0 saturated heterocycles. The first-order valence-electron chi connectivity index (χ1n) is 6.37. The van der Waals surface area contributed by atoms with Crippen LogP contribution < -0.4 is 0 Å². The molecular formula is C11H26O11. The highest BCUT2D eigenvalue weighted by molar-refractivity contribution is 4.79. The predicted octanol–water partition coefficient (Wildman–Crippen LogP) is -6.53. The average molecular weight is 334 g/mol. The average Bonchev–Trinajstić information content (AvgIpc) is 2.56. The summed E-state index contributed by atoms with van der Waals surface area (Å²) in [6.45, 7) is -2.73. The molecule has 0 aromatic carbocycles. The van der Waals surface area contributed by atoms with Gasteiger partial charge in [0.15, 0.2) is 0 Å². The molecule has 22 heavy (non-hydrogen) atoms. The molecule has 0 heterocycles. The third-order valence-corrected chi connectivity index (χ3v) is 2.68. The van der Waals surface area contributed by atoms with Crippen LogP contribution in [0.5, 0.6) is 0 Å².